The van der Waals surface area contributed by atoms with Gasteiger partial charge in [0.15, 0.2) is 0 Å². The van der Waals surface area contributed by atoms with Crippen LogP contribution in [-0.2, 0) is 4.79 Å². The third-order valence-corrected chi connectivity index (χ3v) is 4.42. The van der Waals surface area contributed by atoms with Gasteiger partial charge in [-0.2, -0.15) is 5.26 Å². The maximum atomic E-state index is 12.2. The highest BCUT2D eigenvalue weighted by atomic mass is 35.5. The minimum absolute atomic E-state index is 0.0247. The molecule has 0 spiro atoms. The van der Waals surface area contributed by atoms with Gasteiger partial charge in [-0.25, -0.2) is 0 Å². The molecule has 1 aliphatic rings. The Morgan fingerprint density at radius 3 is 2.58 bits per heavy atom. The molecule has 1 heterocycles. The molecule has 1 fully saturated rings. The Morgan fingerprint density at radius 1 is 1.29 bits per heavy atom. The summed E-state index contributed by atoms with van der Waals surface area (Å²) in [5, 5.41) is 21.5. The van der Waals surface area contributed by atoms with Crippen LogP contribution < -0.4 is 5.32 Å². The van der Waals surface area contributed by atoms with E-state index in [1.807, 2.05) is 11.0 Å². The number of amides is 1. The van der Waals surface area contributed by atoms with Gasteiger partial charge in [-0.15, -0.1) is 0 Å². The third kappa shape index (κ3) is 5.11. The van der Waals surface area contributed by atoms with E-state index in [4.69, 9.17) is 28.3 Å². The molecule has 0 aliphatic carbocycles. The van der Waals surface area contributed by atoms with E-state index in [9.17, 15) is 10.1 Å². The predicted octanol–water partition coefficient (Wildman–Crippen LogP) is 1.95. The van der Waals surface area contributed by atoms with Crippen LogP contribution in [0.15, 0.2) is 30.0 Å². The summed E-state index contributed by atoms with van der Waals surface area (Å²) in [6, 6.07) is 6.66. The first-order chi connectivity index (χ1) is 11.5. The molecule has 0 saturated carbocycles. The number of benzene rings is 1. The van der Waals surface area contributed by atoms with Gasteiger partial charge >= 0.3 is 0 Å². The number of nitrogens with zero attached hydrogens (tertiary/aromatic N) is 3. The van der Waals surface area contributed by atoms with Crippen molar-refractivity contribution in [2.75, 3.05) is 44.6 Å². The molecular formula is C16H18Cl2N4O2. The van der Waals surface area contributed by atoms with E-state index in [0.29, 0.717) is 35.4 Å². The van der Waals surface area contributed by atoms with Crippen LogP contribution in [0.2, 0.25) is 10.0 Å². The molecule has 2 N–H and O–H groups in total. The van der Waals surface area contributed by atoms with E-state index in [1.54, 1.807) is 18.3 Å². The molecule has 0 aromatic heterocycles. The molecule has 0 unspecified atom stereocenters. The number of nitriles is 1. The zero-order valence-electron chi connectivity index (χ0n) is 13.0. The first kappa shape index (κ1) is 18.6. The summed E-state index contributed by atoms with van der Waals surface area (Å²) < 4.78 is 0. The highest BCUT2D eigenvalue weighted by Crippen LogP contribution is 2.25. The molecule has 6 nitrogen and oxygen atoms in total. The number of nitrogens with one attached hydrogen (secondary N) is 1. The van der Waals surface area contributed by atoms with E-state index in [0.717, 1.165) is 13.1 Å². The average molecular weight is 369 g/mol. The van der Waals surface area contributed by atoms with Crippen LogP contribution in [0, 0.1) is 11.3 Å². The topological polar surface area (TPSA) is 79.6 Å². The van der Waals surface area contributed by atoms with Crippen LogP contribution in [0.5, 0.6) is 0 Å². The van der Waals surface area contributed by atoms with Crippen LogP contribution in [0.4, 0.5) is 5.69 Å². The van der Waals surface area contributed by atoms with Gasteiger partial charge in [0, 0.05) is 44.6 Å². The van der Waals surface area contributed by atoms with Gasteiger partial charge in [-0.3, -0.25) is 9.69 Å². The zero-order valence-corrected chi connectivity index (χ0v) is 14.5. The van der Waals surface area contributed by atoms with Crippen molar-refractivity contribution in [3.05, 3.63) is 40.0 Å². The second kappa shape index (κ2) is 8.90. The minimum Gasteiger partial charge on any atom is -0.395 e. The Bertz CT molecular complexity index is 665. The summed E-state index contributed by atoms with van der Waals surface area (Å²) in [6.45, 7) is 3.73. The second-order valence-corrected chi connectivity index (χ2v) is 6.15. The van der Waals surface area contributed by atoms with Crippen LogP contribution in [0.3, 0.4) is 0 Å². The number of aliphatic hydroxyl groups is 1. The molecule has 24 heavy (non-hydrogen) atoms. The number of aliphatic hydroxyl groups excluding tert-OH is 1. The molecule has 1 saturated heterocycles. The van der Waals surface area contributed by atoms with Crippen molar-refractivity contribution >= 4 is 34.8 Å². The van der Waals surface area contributed by atoms with E-state index in [-0.39, 0.29) is 12.2 Å². The van der Waals surface area contributed by atoms with Crippen LogP contribution in [0.25, 0.3) is 0 Å². The highest BCUT2D eigenvalue weighted by Gasteiger charge is 2.17. The van der Waals surface area contributed by atoms with Crippen LogP contribution in [0.1, 0.15) is 0 Å². The van der Waals surface area contributed by atoms with Crippen molar-refractivity contribution in [2.24, 2.45) is 0 Å². The van der Waals surface area contributed by atoms with Crippen LogP contribution >= 0.6 is 23.2 Å². The van der Waals surface area contributed by atoms with E-state index < -0.39 is 5.91 Å². The molecule has 128 valence electrons. The Morgan fingerprint density at radius 2 is 2.00 bits per heavy atom. The number of hydrogen-bond acceptors (Lipinski definition) is 5. The average Bonchev–Trinajstić information content (AvgIpc) is 2.57. The van der Waals surface area contributed by atoms with Crippen molar-refractivity contribution in [1.82, 2.24) is 9.80 Å². The smallest absolute Gasteiger partial charge is 0.267 e. The van der Waals surface area contributed by atoms with E-state index >= 15 is 0 Å². The summed E-state index contributed by atoms with van der Waals surface area (Å²) in [7, 11) is 0. The van der Waals surface area contributed by atoms with Gasteiger partial charge in [-0.05, 0) is 18.2 Å². The number of rotatable bonds is 5. The minimum atomic E-state index is -0.492. The lowest BCUT2D eigenvalue weighted by atomic mass is 10.2. The molecule has 1 aromatic rings. The molecule has 2 rings (SSSR count). The summed E-state index contributed by atoms with van der Waals surface area (Å²) in [4.78, 5) is 16.3. The van der Waals surface area contributed by atoms with Crippen molar-refractivity contribution in [3.8, 4) is 6.07 Å². The van der Waals surface area contributed by atoms with E-state index in [1.165, 1.54) is 6.07 Å². The monoisotopic (exact) mass is 368 g/mol. The maximum Gasteiger partial charge on any atom is 0.267 e. The number of halogens is 2. The van der Waals surface area contributed by atoms with Crippen LogP contribution in [-0.4, -0.2) is 60.1 Å². The van der Waals surface area contributed by atoms with Crippen molar-refractivity contribution in [1.29, 1.82) is 5.26 Å². The largest absolute Gasteiger partial charge is 0.395 e. The summed E-state index contributed by atoms with van der Waals surface area (Å²) in [5.74, 6) is -0.492. The lowest BCUT2D eigenvalue weighted by Crippen LogP contribution is -2.45. The van der Waals surface area contributed by atoms with Gasteiger partial charge in [0.1, 0.15) is 11.6 Å². The fourth-order valence-corrected chi connectivity index (χ4v) is 2.65. The Labute approximate surface area is 150 Å². The number of carbonyl (C=O) groups is 1. The first-order valence-corrected chi connectivity index (χ1v) is 8.24. The standard InChI is InChI=1S/C16H18Cl2N4O2/c17-14-2-1-13(9-15(14)18)20-16(24)12(10-19)11-22-5-3-21(4-6-22)7-8-23/h1-2,9,11,23H,3-8H2,(H,20,24)/b12-11-. The van der Waals surface area contributed by atoms with E-state index in [2.05, 4.69) is 10.2 Å². The molecule has 8 heteroatoms. The SMILES string of the molecule is N#C/C(=C/N1CCN(CCO)CC1)C(=O)Nc1ccc(Cl)c(Cl)c1. The fourth-order valence-electron chi connectivity index (χ4n) is 2.35. The van der Waals surface area contributed by atoms with Gasteiger partial charge in [0.05, 0.1) is 16.7 Å². The van der Waals surface area contributed by atoms with Gasteiger partial charge in [0.25, 0.3) is 5.91 Å². The van der Waals surface area contributed by atoms with Crippen molar-refractivity contribution in [2.45, 2.75) is 0 Å². The summed E-state index contributed by atoms with van der Waals surface area (Å²) in [6.07, 6.45) is 1.57. The molecular weight excluding hydrogens is 351 g/mol. The molecule has 0 radical (unpaired) electrons. The normalized spacial score (nSPS) is 15.9. The fraction of sp³-hybridized carbons (Fsp3) is 0.375. The number of carbonyl (C=O) groups excluding carboxylic acids is 1. The lowest BCUT2D eigenvalue weighted by molar-refractivity contribution is -0.112. The van der Waals surface area contributed by atoms with Gasteiger partial charge in [0.2, 0.25) is 0 Å². The van der Waals surface area contributed by atoms with Crippen molar-refractivity contribution in [3.63, 3.8) is 0 Å². The number of β-amino-alcohol motifs (C(OH)–C–C–N with tert-alkyl or cyclic N) is 1. The Balaban J connectivity index is 1.98. The zero-order chi connectivity index (χ0) is 17.5. The first-order valence-electron chi connectivity index (χ1n) is 7.49. The highest BCUT2D eigenvalue weighted by molar-refractivity contribution is 6.42. The maximum absolute atomic E-state index is 12.2. The third-order valence-electron chi connectivity index (χ3n) is 3.68. The molecule has 0 atom stereocenters. The summed E-state index contributed by atoms with van der Waals surface area (Å²) >= 11 is 11.7. The Kier molecular flexibility index (Phi) is 6.88. The van der Waals surface area contributed by atoms with Gasteiger partial charge < -0.3 is 15.3 Å². The quantitative estimate of drug-likeness (QED) is 0.613. The number of hydrogen-bond donors (Lipinski definition) is 2. The summed E-state index contributed by atoms with van der Waals surface area (Å²) in [5.41, 5.74) is 0.500. The molecule has 0 bridgehead atoms. The Hall–Kier alpha value is -1.78. The second-order valence-electron chi connectivity index (χ2n) is 5.34. The lowest BCUT2D eigenvalue weighted by Gasteiger charge is -2.33. The molecule has 1 aromatic carbocycles. The number of piperazine rings is 1. The predicted molar refractivity (Wildman–Crippen MR) is 93.9 cm³/mol. The molecule has 1 aliphatic heterocycles. The number of anilines is 1. The van der Waals surface area contributed by atoms with Crippen molar-refractivity contribution < 1.29 is 9.90 Å². The van der Waals surface area contributed by atoms with Gasteiger partial charge in [-0.1, -0.05) is 23.2 Å². The molecule has 1 amide bonds.